The molecule has 0 unspecified atom stereocenters. The Balaban J connectivity index is 1.71. The van der Waals surface area contributed by atoms with E-state index in [2.05, 4.69) is 20.7 Å². The molecule has 0 radical (unpaired) electrons. The summed E-state index contributed by atoms with van der Waals surface area (Å²) >= 11 is 6.34. The Bertz CT molecular complexity index is 980. The van der Waals surface area contributed by atoms with Crippen LogP contribution in [0.25, 0.3) is 11.1 Å². The summed E-state index contributed by atoms with van der Waals surface area (Å²) in [6.07, 6.45) is 4.44. The Labute approximate surface area is 154 Å². The van der Waals surface area contributed by atoms with Crippen molar-refractivity contribution in [3.05, 3.63) is 47.5 Å². The van der Waals surface area contributed by atoms with E-state index in [1.165, 1.54) is 0 Å². The Morgan fingerprint density at radius 3 is 3.04 bits per heavy atom. The van der Waals surface area contributed by atoms with E-state index in [0.717, 1.165) is 16.9 Å². The molecule has 4 rings (SSSR count). The van der Waals surface area contributed by atoms with E-state index in [-0.39, 0.29) is 12.5 Å². The third-order valence-electron chi connectivity index (χ3n) is 4.28. The molecule has 0 saturated heterocycles. The Kier molecular flexibility index (Phi) is 4.14. The van der Waals surface area contributed by atoms with E-state index in [1.54, 1.807) is 27.7 Å². The average Bonchev–Trinajstić information content (AvgIpc) is 3.18. The molecule has 4 heterocycles. The summed E-state index contributed by atoms with van der Waals surface area (Å²) in [6.45, 7) is 0.585. The van der Waals surface area contributed by atoms with Crippen molar-refractivity contribution in [1.82, 2.24) is 24.6 Å². The molecule has 1 amide bonds. The highest BCUT2D eigenvalue weighted by Crippen LogP contribution is 2.32. The number of anilines is 2. The number of hydrogen-bond donors (Lipinski definition) is 3. The van der Waals surface area contributed by atoms with Gasteiger partial charge in [0.25, 0.3) is 5.91 Å². The fraction of sp³-hybridized carbons (Fsp3) is 0.235. The van der Waals surface area contributed by atoms with E-state index in [1.807, 2.05) is 25.4 Å². The maximum absolute atomic E-state index is 12.2. The zero-order chi connectivity index (χ0) is 18.3. The van der Waals surface area contributed by atoms with Crippen LogP contribution in [-0.2, 0) is 13.6 Å². The van der Waals surface area contributed by atoms with Gasteiger partial charge in [0, 0.05) is 43.2 Å². The predicted octanol–water partition coefficient (Wildman–Crippen LogP) is 1.78. The quantitative estimate of drug-likeness (QED) is 0.651. The number of aryl methyl sites for hydroxylation is 1. The topological polar surface area (TPSA) is 97.0 Å². The molecular formula is C17H17ClN6O2. The molecule has 3 aromatic heterocycles. The second kappa shape index (κ2) is 6.47. The first-order valence-electron chi connectivity index (χ1n) is 8.08. The smallest absolute Gasteiger partial charge is 0.268 e. The molecule has 0 bridgehead atoms. The van der Waals surface area contributed by atoms with Crippen molar-refractivity contribution in [1.29, 1.82) is 0 Å². The number of rotatable bonds is 3. The van der Waals surface area contributed by atoms with Crippen LogP contribution in [0.15, 0.2) is 36.8 Å². The molecule has 1 atom stereocenters. The van der Waals surface area contributed by atoms with Crippen LogP contribution in [0.5, 0.6) is 0 Å². The molecule has 9 heteroatoms. The van der Waals surface area contributed by atoms with Gasteiger partial charge < -0.3 is 20.3 Å². The SMILES string of the molecule is Cn1nccc1Nc1cc(-c2cc3n(c2)C[C@H](O)CNC3=O)c(Cl)cn1. The van der Waals surface area contributed by atoms with Gasteiger partial charge in [-0.25, -0.2) is 4.98 Å². The van der Waals surface area contributed by atoms with E-state index >= 15 is 0 Å². The number of hydrogen-bond acceptors (Lipinski definition) is 5. The molecule has 26 heavy (non-hydrogen) atoms. The summed E-state index contributed by atoms with van der Waals surface area (Å²) in [5, 5.41) is 20.4. The van der Waals surface area contributed by atoms with Gasteiger partial charge >= 0.3 is 0 Å². The van der Waals surface area contributed by atoms with Crippen LogP contribution in [0.2, 0.25) is 5.02 Å². The van der Waals surface area contributed by atoms with Gasteiger partial charge in [-0.2, -0.15) is 5.10 Å². The van der Waals surface area contributed by atoms with E-state index < -0.39 is 6.10 Å². The first-order chi connectivity index (χ1) is 12.5. The molecule has 0 saturated carbocycles. The van der Waals surface area contributed by atoms with Gasteiger partial charge in [-0.1, -0.05) is 11.6 Å². The second-order valence-electron chi connectivity index (χ2n) is 6.14. The summed E-state index contributed by atoms with van der Waals surface area (Å²) in [6, 6.07) is 5.42. The minimum atomic E-state index is -0.629. The van der Waals surface area contributed by atoms with Gasteiger partial charge in [0.1, 0.15) is 17.3 Å². The standard InChI is InChI=1S/C17H17ClN6O2/c1-23-16(2-3-21-23)22-15-5-12(13(18)7-19-15)10-4-14-17(26)20-6-11(25)9-24(14)8-10/h2-5,7-8,11,25H,6,9H2,1H3,(H,19,22)(H,20,26)/t11-/m1/s1. The van der Waals surface area contributed by atoms with Crippen molar-refractivity contribution in [2.75, 3.05) is 11.9 Å². The Morgan fingerprint density at radius 2 is 2.27 bits per heavy atom. The lowest BCUT2D eigenvalue weighted by molar-refractivity contribution is 0.0931. The number of carbonyl (C=O) groups excluding carboxylic acids is 1. The zero-order valence-electron chi connectivity index (χ0n) is 14.0. The molecule has 3 N–H and O–H groups in total. The maximum Gasteiger partial charge on any atom is 0.268 e. The largest absolute Gasteiger partial charge is 0.389 e. The summed E-state index contributed by atoms with van der Waals surface area (Å²) in [5.41, 5.74) is 2.02. The van der Waals surface area contributed by atoms with E-state index in [9.17, 15) is 9.90 Å². The Morgan fingerprint density at radius 1 is 1.42 bits per heavy atom. The molecule has 0 fully saturated rings. The first kappa shape index (κ1) is 16.6. The molecule has 1 aliphatic rings. The number of nitrogens with one attached hydrogen (secondary N) is 2. The number of aliphatic hydroxyl groups excluding tert-OH is 1. The third kappa shape index (κ3) is 3.04. The number of aliphatic hydroxyl groups is 1. The number of amides is 1. The van der Waals surface area contributed by atoms with Gasteiger partial charge in [-0.05, 0) is 12.1 Å². The number of fused-ring (bicyclic) bond motifs is 1. The molecule has 134 valence electrons. The second-order valence-corrected chi connectivity index (χ2v) is 6.55. The highest BCUT2D eigenvalue weighted by molar-refractivity contribution is 6.33. The van der Waals surface area contributed by atoms with E-state index in [0.29, 0.717) is 23.1 Å². The summed E-state index contributed by atoms with van der Waals surface area (Å²) in [5.74, 6) is 1.19. The molecule has 0 aromatic carbocycles. The summed E-state index contributed by atoms with van der Waals surface area (Å²) in [7, 11) is 1.83. The number of β-amino-alcohol motifs (C(OH)–C–C–N with tert-alkyl or cyclic N) is 1. The lowest BCUT2D eigenvalue weighted by atomic mass is 10.1. The van der Waals surface area contributed by atoms with Crippen LogP contribution < -0.4 is 10.6 Å². The van der Waals surface area contributed by atoms with Crippen LogP contribution in [0.4, 0.5) is 11.6 Å². The van der Waals surface area contributed by atoms with E-state index in [4.69, 9.17) is 11.6 Å². The highest BCUT2D eigenvalue weighted by Gasteiger charge is 2.22. The predicted molar refractivity (Wildman–Crippen MR) is 97.5 cm³/mol. The molecule has 1 aliphatic heterocycles. The van der Waals surface area contributed by atoms with Crippen LogP contribution in [0.3, 0.4) is 0 Å². The lowest BCUT2D eigenvalue weighted by Gasteiger charge is -2.09. The molecule has 0 aliphatic carbocycles. The van der Waals surface area contributed by atoms with Crippen molar-refractivity contribution in [3.63, 3.8) is 0 Å². The van der Waals surface area contributed by atoms with Crippen molar-refractivity contribution in [2.45, 2.75) is 12.6 Å². The van der Waals surface area contributed by atoms with Gasteiger partial charge in [0.05, 0.1) is 23.9 Å². The van der Waals surface area contributed by atoms with Crippen molar-refractivity contribution in [3.8, 4) is 11.1 Å². The van der Waals surface area contributed by atoms with Gasteiger partial charge in [-0.15, -0.1) is 0 Å². The monoisotopic (exact) mass is 372 g/mol. The highest BCUT2D eigenvalue weighted by atomic mass is 35.5. The number of halogens is 1. The number of nitrogens with zero attached hydrogens (tertiary/aromatic N) is 4. The zero-order valence-corrected chi connectivity index (χ0v) is 14.7. The molecule has 0 spiro atoms. The van der Waals surface area contributed by atoms with Crippen molar-refractivity contribution >= 4 is 29.1 Å². The van der Waals surface area contributed by atoms with Crippen LogP contribution in [0, 0.1) is 0 Å². The average molecular weight is 373 g/mol. The lowest BCUT2D eigenvalue weighted by Crippen LogP contribution is -2.29. The van der Waals surface area contributed by atoms with Crippen molar-refractivity contribution < 1.29 is 9.90 Å². The van der Waals surface area contributed by atoms with Gasteiger partial charge in [0.15, 0.2) is 0 Å². The third-order valence-corrected chi connectivity index (χ3v) is 4.58. The minimum absolute atomic E-state index is 0.216. The minimum Gasteiger partial charge on any atom is -0.389 e. The summed E-state index contributed by atoms with van der Waals surface area (Å²) in [4.78, 5) is 16.5. The van der Waals surface area contributed by atoms with Crippen LogP contribution in [0.1, 0.15) is 10.5 Å². The number of aromatic nitrogens is 4. The number of carbonyl (C=O) groups is 1. The summed E-state index contributed by atoms with van der Waals surface area (Å²) < 4.78 is 3.44. The van der Waals surface area contributed by atoms with Crippen molar-refractivity contribution in [2.24, 2.45) is 7.05 Å². The molecule has 8 nitrogen and oxygen atoms in total. The van der Waals surface area contributed by atoms with Crippen LogP contribution in [-0.4, -0.2) is 43.0 Å². The van der Waals surface area contributed by atoms with Crippen LogP contribution >= 0.6 is 11.6 Å². The Hall–Kier alpha value is -2.84. The molecular weight excluding hydrogens is 356 g/mol. The van der Waals surface area contributed by atoms with Gasteiger partial charge in [-0.3, -0.25) is 9.48 Å². The number of pyridine rings is 1. The van der Waals surface area contributed by atoms with Gasteiger partial charge in [0.2, 0.25) is 0 Å². The first-order valence-corrected chi connectivity index (χ1v) is 8.46. The fourth-order valence-corrected chi connectivity index (χ4v) is 3.16. The maximum atomic E-state index is 12.2. The molecule has 3 aromatic rings. The normalized spacial score (nSPS) is 16.7. The fourth-order valence-electron chi connectivity index (χ4n) is 2.95.